The molecule has 0 aliphatic carbocycles. The van der Waals surface area contributed by atoms with E-state index < -0.39 is 6.10 Å². The standard InChI is InChI=1S/C74H114O6/c1-4-7-10-13-16-19-22-25-27-29-30-31-32-33-34-35-36-37-38-39-40-41-42-43-44-45-47-49-52-55-58-61-64-67-73(76)79-70-71(69-78-72(75)66-63-60-57-54-51-48-24-21-18-15-12-9-6-3)80-74(77)68-65-62-59-56-53-50-46-28-26-23-20-17-14-11-8-5-2/h7,9-10,12,16,18-19,21,25,27-28,30-31,33-34,36-37,39-40,42-43,45-48,51-52,55,57,60,71H,4-6,8,11,13-15,17,20,22-24,26,29,32,35,38,41,44,49-50,53-54,56,58-59,61-70H2,1-3H3/b10-7-,12-9-,19-16-,21-18-,27-25-,31-30-,34-33-,37-36-,40-39-,43-42-,46-28-,47-45-,51-48-,55-52-,60-57-. The first-order valence-corrected chi connectivity index (χ1v) is 31.8. The summed E-state index contributed by atoms with van der Waals surface area (Å²) in [6.45, 7) is 6.28. The molecule has 0 rings (SSSR count). The lowest BCUT2D eigenvalue weighted by Crippen LogP contribution is -2.30. The van der Waals surface area contributed by atoms with Crippen LogP contribution in [-0.4, -0.2) is 37.2 Å². The largest absolute Gasteiger partial charge is 0.462 e. The molecule has 0 heterocycles. The fourth-order valence-electron chi connectivity index (χ4n) is 7.95. The molecule has 0 bridgehead atoms. The van der Waals surface area contributed by atoms with Crippen LogP contribution in [0, 0.1) is 0 Å². The van der Waals surface area contributed by atoms with Crippen LogP contribution in [0.3, 0.4) is 0 Å². The second kappa shape index (κ2) is 66.0. The summed E-state index contributed by atoms with van der Waals surface area (Å²) in [5, 5.41) is 0. The van der Waals surface area contributed by atoms with Crippen molar-refractivity contribution in [3.05, 3.63) is 182 Å². The maximum atomic E-state index is 12.9. The maximum Gasteiger partial charge on any atom is 0.306 e. The monoisotopic (exact) mass is 1100 g/mol. The summed E-state index contributed by atoms with van der Waals surface area (Å²) in [6.07, 6.45) is 99.2. The van der Waals surface area contributed by atoms with Crippen molar-refractivity contribution in [1.29, 1.82) is 0 Å². The van der Waals surface area contributed by atoms with Gasteiger partial charge < -0.3 is 14.2 Å². The summed E-state index contributed by atoms with van der Waals surface area (Å²) in [6, 6.07) is 0. The van der Waals surface area contributed by atoms with E-state index in [0.29, 0.717) is 12.8 Å². The molecule has 6 nitrogen and oxygen atoms in total. The van der Waals surface area contributed by atoms with E-state index >= 15 is 0 Å². The van der Waals surface area contributed by atoms with E-state index in [1.807, 2.05) is 12.2 Å². The first-order chi connectivity index (χ1) is 39.5. The van der Waals surface area contributed by atoms with Crippen LogP contribution < -0.4 is 0 Å². The Balaban J connectivity index is 4.45. The van der Waals surface area contributed by atoms with Crippen molar-refractivity contribution in [1.82, 2.24) is 0 Å². The zero-order chi connectivity index (χ0) is 57.8. The molecule has 0 aliphatic rings. The van der Waals surface area contributed by atoms with Crippen LogP contribution in [0.15, 0.2) is 182 Å². The molecule has 0 saturated heterocycles. The zero-order valence-electron chi connectivity index (χ0n) is 51.0. The topological polar surface area (TPSA) is 78.9 Å². The van der Waals surface area contributed by atoms with E-state index in [1.54, 1.807) is 0 Å². The van der Waals surface area contributed by atoms with E-state index in [9.17, 15) is 14.4 Å². The van der Waals surface area contributed by atoms with Crippen molar-refractivity contribution in [2.45, 2.75) is 252 Å². The molecular weight excluding hydrogens is 985 g/mol. The Bertz CT molecular complexity index is 1890. The summed E-state index contributed by atoms with van der Waals surface area (Å²) in [7, 11) is 0. The Kier molecular flexibility index (Phi) is 61.5. The molecule has 0 aromatic carbocycles. The fraction of sp³-hybridized carbons (Fsp3) is 0.554. The van der Waals surface area contributed by atoms with Gasteiger partial charge in [0.1, 0.15) is 13.2 Å². The molecule has 0 aromatic heterocycles. The van der Waals surface area contributed by atoms with Crippen molar-refractivity contribution in [3.63, 3.8) is 0 Å². The minimum atomic E-state index is -0.839. The molecule has 446 valence electrons. The van der Waals surface area contributed by atoms with Crippen molar-refractivity contribution < 1.29 is 28.6 Å². The number of carbonyl (C=O) groups is 3. The molecule has 0 radical (unpaired) electrons. The molecule has 0 spiro atoms. The molecule has 1 unspecified atom stereocenters. The summed E-state index contributed by atoms with van der Waals surface area (Å²) in [5.41, 5.74) is 0. The van der Waals surface area contributed by atoms with Gasteiger partial charge in [-0.15, -0.1) is 0 Å². The molecule has 0 N–H and O–H groups in total. The van der Waals surface area contributed by atoms with Gasteiger partial charge in [0.05, 0.1) is 0 Å². The van der Waals surface area contributed by atoms with Gasteiger partial charge >= 0.3 is 17.9 Å². The molecule has 0 aliphatic heterocycles. The van der Waals surface area contributed by atoms with Crippen LogP contribution in [0.1, 0.15) is 245 Å². The SMILES string of the molecule is CC/C=C\C/C=C\C/C=C\C/C=C\C/C=C\C/C=C\C/C=C\C/C=C\C/C=C\C/C=C\CCCCC(=O)OCC(COC(=O)CC/C=C\C/C=C\C/C=C\C/C=C\CC)OC(=O)CCCCCCC/C=C\CCCCCCCCC. The number of esters is 3. The van der Waals surface area contributed by atoms with E-state index in [4.69, 9.17) is 14.2 Å². The van der Waals surface area contributed by atoms with Gasteiger partial charge in [-0.2, -0.15) is 0 Å². The molecular formula is C74H114O6. The third-order valence-electron chi connectivity index (χ3n) is 12.6. The van der Waals surface area contributed by atoms with E-state index in [-0.39, 0.29) is 50.4 Å². The van der Waals surface area contributed by atoms with Crippen LogP contribution in [0.5, 0.6) is 0 Å². The maximum absolute atomic E-state index is 12.9. The Hall–Kier alpha value is -5.49. The average Bonchev–Trinajstić information content (AvgIpc) is 3.46. The second-order valence-electron chi connectivity index (χ2n) is 20.2. The van der Waals surface area contributed by atoms with Crippen molar-refractivity contribution in [2.75, 3.05) is 13.2 Å². The van der Waals surface area contributed by atoms with Gasteiger partial charge in [0.25, 0.3) is 0 Å². The predicted molar refractivity (Wildman–Crippen MR) is 348 cm³/mol. The number of unbranched alkanes of at least 4 members (excludes halogenated alkanes) is 14. The highest BCUT2D eigenvalue weighted by atomic mass is 16.6. The van der Waals surface area contributed by atoms with Gasteiger partial charge in [-0.25, -0.2) is 0 Å². The third kappa shape index (κ3) is 63.3. The first kappa shape index (κ1) is 74.5. The molecule has 0 amide bonds. The Morgan fingerprint density at radius 1 is 0.263 bits per heavy atom. The lowest BCUT2D eigenvalue weighted by Gasteiger charge is -2.18. The normalized spacial score (nSPS) is 13.4. The molecule has 6 heteroatoms. The van der Waals surface area contributed by atoms with Crippen LogP contribution >= 0.6 is 0 Å². The van der Waals surface area contributed by atoms with Gasteiger partial charge in [0, 0.05) is 19.3 Å². The number of rotatable bonds is 55. The van der Waals surface area contributed by atoms with Crippen LogP contribution in [-0.2, 0) is 28.6 Å². The quantitative estimate of drug-likeness (QED) is 0.0261. The van der Waals surface area contributed by atoms with E-state index in [0.717, 1.165) is 135 Å². The van der Waals surface area contributed by atoms with E-state index in [2.05, 4.69) is 191 Å². The van der Waals surface area contributed by atoms with Crippen LogP contribution in [0.2, 0.25) is 0 Å². The second-order valence-corrected chi connectivity index (χ2v) is 20.2. The summed E-state index contributed by atoms with van der Waals surface area (Å²) in [4.78, 5) is 38.2. The summed E-state index contributed by atoms with van der Waals surface area (Å²) in [5.74, 6) is -1.07. The van der Waals surface area contributed by atoms with Crippen molar-refractivity contribution >= 4 is 17.9 Å². The number of hydrogen-bond acceptors (Lipinski definition) is 6. The predicted octanol–water partition coefficient (Wildman–Crippen LogP) is 22.0. The fourth-order valence-corrected chi connectivity index (χ4v) is 7.95. The van der Waals surface area contributed by atoms with Gasteiger partial charge in [0.2, 0.25) is 0 Å². The molecule has 0 saturated carbocycles. The highest BCUT2D eigenvalue weighted by Gasteiger charge is 2.19. The Morgan fingerprint density at radius 3 is 0.875 bits per heavy atom. The van der Waals surface area contributed by atoms with Crippen LogP contribution in [0.25, 0.3) is 0 Å². The zero-order valence-corrected chi connectivity index (χ0v) is 51.0. The Morgan fingerprint density at radius 2 is 0.512 bits per heavy atom. The molecule has 0 fully saturated rings. The minimum Gasteiger partial charge on any atom is -0.462 e. The van der Waals surface area contributed by atoms with Crippen LogP contribution in [0.4, 0.5) is 0 Å². The first-order valence-electron chi connectivity index (χ1n) is 31.8. The molecule has 0 aromatic rings. The number of hydrogen-bond donors (Lipinski definition) is 0. The highest BCUT2D eigenvalue weighted by Crippen LogP contribution is 2.13. The highest BCUT2D eigenvalue weighted by molar-refractivity contribution is 5.71. The summed E-state index contributed by atoms with van der Waals surface area (Å²) < 4.78 is 16.8. The average molecular weight is 1100 g/mol. The molecule has 1 atom stereocenters. The lowest BCUT2D eigenvalue weighted by molar-refractivity contribution is -0.166. The smallest absolute Gasteiger partial charge is 0.306 e. The lowest BCUT2D eigenvalue weighted by atomic mass is 10.1. The number of ether oxygens (including phenoxy) is 3. The van der Waals surface area contributed by atoms with Gasteiger partial charge in [-0.3, -0.25) is 14.4 Å². The summed E-state index contributed by atoms with van der Waals surface area (Å²) >= 11 is 0. The van der Waals surface area contributed by atoms with Crippen molar-refractivity contribution in [3.8, 4) is 0 Å². The van der Waals surface area contributed by atoms with Gasteiger partial charge in [0.15, 0.2) is 6.10 Å². The van der Waals surface area contributed by atoms with Crippen molar-refractivity contribution in [2.24, 2.45) is 0 Å². The van der Waals surface area contributed by atoms with Gasteiger partial charge in [-0.1, -0.05) is 261 Å². The van der Waals surface area contributed by atoms with Gasteiger partial charge in [-0.05, 0) is 148 Å². The Labute approximate surface area is 491 Å². The van der Waals surface area contributed by atoms with E-state index in [1.165, 1.54) is 57.8 Å². The number of carbonyl (C=O) groups excluding carboxylic acids is 3. The minimum absolute atomic E-state index is 0.135. The number of allylic oxidation sites excluding steroid dienone is 30. The molecule has 80 heavy (non-hydrogen) atoms. The third-order valence-corrected chi connectivity index (χ3v) is 12.6.